The molecular formula is C19H35N5O4S. The van der Waals surface area contributed by atoms with Crippen molar-refractivity contribution in [3.05, 3.63) is 0 Å². The van der Waals surface area contributed by atoms with Crippen molar-refractivity contribution in [2.24, 2.45) is 17.8 Å². The first-order valence-electron chi connectivity index (χ1n) is 11.1. The van der Waals surface area contributed by atoms with Crippen LogP contribution >= 0.6 is 0 Å². The molecule has 2 saturated carbocycles. The molecule has 3 unspecified atom stereocenters. The van der Waals surface area contributed by atoms with Gasteiger partial charge in [-0.15, -0.1) is 0 Å². The van der Waals surface area contributed by atoms with Crippen LogP contribution in [0.3, 0.4) is 0 Å². The third kappa shape index (κ3) is 4.62. The molecule has 4 rings (SSSR count). The number of piperazine rings is 1. The van der Waals surface area contributed by atoms with Crippen LogP contribution in [-0.4, -0.2) is 79.5 Å². The molecule has 29 heavy (non-hydrogen) atoms. The van der Waals surface area contributed by atoms with Gasteiger partial charge in [0.25, 0.3) is 0 Å². The number of hydrogen-bond donors (Lipinski definition) is 4. The molecule has 2 aliphatic heterocycles. The summed E-state index contributed by atoms with van der Waals surface area (Å²) in [6.07, 6.45) is 7.76. The molecule has 3 atom stereocenters. The summed E-state index contributed by atoms with van der Waals surface area (Å²) in [5, 5.41) is 15.1. The number of amides is 1. The summed E-state index contributed by atoms with van der Waals surface area (Å²) in [5.74, 6) is 0.658. The number of nitrogens with one attached hydrogen (secondary N) is 3. The van der Waals surface area contributed by atoms with E-state index in [1.54, 1.807) is 9.79 Å². The monoisotopic (exact) mass is 429 g/mol. The maximum absolute atomic E-state index is 13.3. The van der Waals surface area contributed by atoms with Gasteiger partial charge in [-0.05, 0) is 31.1 Å². The predicted molar refractivity (Wildman–Crippen MR) is 108 cm³/mol. The zero-order valence-electron chi connectivity index (χ0n) is 17.1. The fraction of sp³-hybridized carbons (Fsp3) is 0.947. The highest BCUT2D eigenvalue weighted by Gasteiger charge is 2.41. The lowest BCUT2D eigenvalue weighted by atomic mass is 9.71. The van der Waals surface area contributed by atoms with Gasteiger partial charge in [-0.2, -0.15) is 4.31 Å². The van der Waals surface area contributed by atoms with Crippen LogP contribution in [0.25, 0.3) is 0 Å². The van der Waals surface area contributed by atoms with Crippen molar-refractivity contribution in [2.45, 2.75) is 56.5 Å². The van der Waals surface area contributed by atoms with Gasteiger partial charge >= 0.3 is 0 Å². The Kier molecular flexibility index (Phi) is 6.77. The summed E-state index contributed by atoms with van der Waals surface area (Å²) < 4.78 is 28.2. The highest BCUT2D eigenvalue weighted by atomic mass is 32.2. The number of hydroxylamine groups is 1. The Morgan fingerprint density at radius 1 is 0.931 bits per heavy atom. The van der Waals surface area contributed by atoms with Crippen molar-refractivity contribution in [1.82, 2.24) is 25.3 Å². The quantitative estimate of drug-likeness (QED) is 0.364. The average Bonchev–Trinajstić information content (AvgIpc) is 2.78. The molecule has 0 aromatic rings. The molecular weight excluding hydrogens is 394 g/mol. The van der Waals surface area contributed by atoms with Crippen LogP contribution in [0.5, 0.6) is 0 Å². The second-order valence-electron chi connectivity index (χ2n) is 9.11. The SMILES string of the molecule is O=C(NO)C1CNC(N2CCN(S(=O)(=O)C3CCC4CCCCC4C3)CC2)NC1. The van der Waals surface area contributed by atoms with E-state index in [0.717, 1.165) is 25.2 Å². The van der Waals surface area contributed by atoms with Crippen LogP contribution < -0.4 is 16.1 Å². The van der Waals surface area contributed by atoms with Gasteiger partial charge in [0, 0.05) is 39.3 Å². The molecule has 1 amide bonds. The van der Waals surface area contributed by atoms with E-state index in [-0.39, 0.29) is 17.5 Å². The molecule has 4 fully saturated rings. The molecule has 0 radical (unpaired) electrons. The highest BCUT2D eigenvalue weighted by Crippen LogP contribution is 2.42. The fourth-order valence-corrected chi connectivity index (χ4v) is 7.73. The Balaban J connectivity index is 1.27. The number of sulfonamides is 1. The summed E-state index contributed by atoms with van der Waals surface area (Å²) >= 11 is 0. The largest absolute Gasteiger partial charge is 0.289 e. The van der Waals surface area contributed by atoms with Gasteiger partial charge in [0.15, 0.2) is 0 Å². The minimum Gasteiger partial charge on any atom is -0.289 e. The standard InChI is InChI=1S/C19H35N5O4S/c25-18(22-26)16-12-20-19(21-13-16)23-7-9-24(10-8-23)29(27,28)17-6-5-14-3-1-2-4-15(14)11-17/h14-17,19-21,26H,1-13H2,(H,22,25). The van der Waals surface area contributed by atoms with Crippen LogP contribution in [0.2, 0.25) is 0 Å². The number of carbonyl (C=O) groups is 1. The lowest BCUT2D eigenvalue weighted by molar-refractivity contribution is -0.134. The van der Waals surface area contributed by atoms with Crippen molar-refractivity contribution < 1.29 is 18.4 Å². The van der Waals surface area contributed by atoms with Gasteiger partial charge in [0.05, 0.1) is 11.2 Å². The van der Waals surface area contributed by atoms with E-state index < -0.39 is 15.9 Å². The molecule has 0 spiro atoms. The van der Waals surface area contributed by atoms with Crippen LogP contribution in [0, 0.1) is 17.8 Å². The maximum atomic E-state index is 13.3. The number of nitrogens with zero attached hydrogens (tertiary/aromatic N) is 2. The van der Waals surface area contributed by atoms with E-state index in [1.807, 2.05) is 0 Å². The molecule has 2 aliphatic carbocycles. The lowest BCUT2D eigenvalue weighted by Crippen LogP contribution is -2.66. The first-order valence-corrected chi connectivity index (χ1v) is 12.6. The number of fused-ring (bicyclic) bond motifs is 1. The molecule has 0 aromatic carbocycles. The Morgan fingerprint density at radius 2 is 1.59 bits per heavy atom. The second kappa shape index (κ2) is 9.15. The summed E-state index contributed by atoms with van der Waals surface area (Å²) in [5.41, 5.74) is 1.69. The number of hydrogen-bond acceptors (Lipinski definition) is 7. The van der Waals surface area contributed by atoms with Crippen LogP contribution in [0.1, 0.15) is 44.9 Å². The minimum atomic E-state index is -3.23. The molecule has 166 valence electrons. The summed E-state index contributed by atoms with van der Waals surface area (Å²) in [7, 11) is -3.23. The normalized spacial score (nSPS) is 37.6. The van der Waals surface area contributed by atoms with Gasteiger partial charge in [0.1, 0.15) is 6.29 Å². The number of rotatable bonds is 4. The first-order chi connectivity index (χ1) is 14.0. The highest BCUT2D eigenvalue weighted by molar-refractivity contribution is 7.89. The number of carbonyl (C=O) groups excluding carboxylic acids is 1. The second-order valence-corrected chi connectivity index (χ2v) is 11.3. The summed E-state index contributed by atoms with van der Waals surface area (Å²) in [4.78, 5) is 13.7. The minimum absolute atomic E-state index is 0.0692. The maximum Gasteiger partial charge on any atom is 0.249 e. The van der Waals surface area contributed by atoms with Crippen molar-refractivity contribution >= 4 is 15.9 Å². The van der Waals surface area contributed by atoms with E-state index >= 15 is 0 Å². The van der Waals surface area contributed by atoms with Crippen molar-refractivity contribution in [1.29, 1.82) is 0 Å². The molecule has 10 heteroatoms. The zero-order chi connectivity index (χ0) is 20.4. The Bertz CT molecular complexity index is 674. The van der Waals surface area contributed by atoms with Crippen LogP contribution in [-0.2, 0) is 14.8 Å². The Hall–Kier alpha value is -0.780. The van der Waals surface area contributed by atoms with E-state index in [1.165, 1.54) is 25.7 Å². The molecule has 0 aromatic heterocycles. The van der Waals surface area contributed by atoms with Gasteiger partial charge < -0.3 is 0 Å². The molecule has 4 N–H and O–H groups in total. The zero-order valence-corrected chi connectivity index (χ0v) is 17.9. The van der Waals surface area contributed by atoms with Gasteiger partial charge in [-0.1, -0.05) is 25.7 Å². The molecule has 9 nitrogen and oxygen atoms in total. The van der Waals surface area contributed by atoms with Crippen LogP contribution in [0.4, 0.5) is 0 Å². The van der Waals surface area contributed by atoms with E-state index in [2.05, 4.69) is 15.5 Å². The Morgan fingerprint density at radius 3 is 2.24 bits per heavy atom. The third-order valence-corrected chi connectivity index (χ3v) is 9.86. The molecule has 2 saturated heterocycles. The third-order valence-electron chi connectivity index (χ3n) is 7.51. The first kappa shape index (κ1) is 21.5. The van der Waals surface area contributed by atoms with Crippen molar-refractivity contribution in [3.63, 3.8) is 0 Å². The van der Waals surface area contributed by atoms with Gasteiger partial charge in [0.2, 0.25) is 15.9 Å². The summed E-state index contributed by atoms with van der Waals surface area (Å²) in [6.45, 7) is 3.33. The summed E-state index contributed by atoms with van der Waals surface area (Å²) in [6, 6.07) is 0. The smallest absolute Gasteiger partial charge is 0.249 e. The predicted octanol–water partition coefficient (Wildman–Crippen LogP) is -0.109. The Labute approximate surface area is 173 Å². The fourth-order valence-electron chi connectivity index (χ4n) is 5.71. The topological polar surface area (TPSA) is 114 Å². The van der Waals surface area contributed by atoms with Crippen LogP contribution in [0.15, 0.2) is 0 Å². The van der Waals surface area contributed by atoms with Crippen molar-refractivity contribution in [2.75, 3.05) is 39.3 Å². The van der Waals surface area contributed by atoms with Crippen molar-refractivity contribution in [3.8, 4) is 0 Å². The average molecular weight is 430 g/mol. The van der Waals surface area contributed by atoms with Gasteiger partial charge in [-0.25, -0.2) is 13.9 Å². The molecule has 4 aliphatic rings. The van der Waals surface area contributed by atoms with E-state index in [4.69, 9.17) is 5.21 Å². The van der Waals surface area contributed by atoms with Gasteiger partial charge in [-0.3, -0.25) is 25.5 Å². The van der Waals surface area contributed by atoms with E-state index in [0.29, 0.717) is 45.2 Å². The molecule has 0 bridgehead atoms. The van der Waals surface area contributed by atoms with E-state index in [9.17, 15) is 13.2 Å². The lowest BCUT2D eigenvalue weighted by Gasteiger charge is -2.44. The molecule has 2 heterocycles.